The van der Waals surface area contributed by atoms with Crippen molar-refractivity contribution in [1.82, 2.24) is 33.6 Å². The lowest BCUT2D eigenvalue weighted by Gasteiger charge is -2.46. The first-order valence-corrected chi connectivity index (χ1v) is 17.2. The molecule has 13 heteroatoms. The predicted molar refractivity (Wildman–Crippen MR) is 182 cm³/mol. The zero-order valence-corrected chi connectivity index (χ0v) is 29.0. The van der Waals surface area contributed by atoms with Crippen LogP contribution in [0.25, 0.3) is 28.1 Å². The highest BCUT2D eigenvalue weighted by atomic mass is 32.2. The average Bonchev–Trinajstić information content (AvgIpc) is 3.73. The molecule has 1 amide bonds. The summed E-state index contributed by atoms with van der Waals surface area (Å²) < 4.78 is 42.7. The molecule has 10 nitrogen and oxygen atoms in total. The Morgan fingerprint density at radius 1 is 1.04 bits per heavy atom. The van der Waals surface area contributed by atoms with Crippen molar-refractivity contribution in [2.75, 3.05) is 18.1 Å². The van der Waals surface area contributed by atoms with Crippen LogP contribution in [0, 0.1) is 25.5 Å². The Morgan fingerprint density at radius 2 is 1.71 bits per heavy atom. The molecule has 2 aliphatic rings. The van der Waals surface area contributed by atoms with E-state index in [0.29, 0.717) is 45.6 Å². The molecule has 0 radical (unpaired) electrons. The molecule has 2 aliphatic heterocycles. The van der Waals surface area contributed by atoms with E-state index in [1.54, 1.807) is 65.6 Å². The molecule has 0 unspecified atom stereocenters. The number of benzene rings is 2. The van der Waals surface area contributed by atoms with Gasteiger partial charge in [0, 0.05) is 37.0 Å². The van der Waals surface area contributed by atoms with Gasteiger partial charge in [-0.05, 0) is 101 Å². The number of aromatic nitrogens is 6. The maximum absolute atomic E-state index is 15.9. The highest BCUT2D eigenvalue weighted by Crippen LogP contribution is 2.49. The van der Waals surface area contributed by atoms with Crippen LogP contribution in [0.1, 0.15) is 69.0 Å². The van der Waals surface area contributed by atoms with Crippen LogP contribution in [0.2, 0.25) is 0 Å². The first kappa shape index (κ1) is 32.2. The maximum Gasteiger partial charge on any atom is 0.410 e. The third kappa shape index (κ3) is 5.05. The van der Waals surface area contributed by atoms with E-state index in [1.807, 2.05) is 39.5 Å². The number of halogens is 2. The molecule has 1 fully saturated rings. The van der Waals surface area contributed by atoms with E-state index in [4.69, 9.17) is 9.84 Å². The summed E-state index contributed by atoms with van der Waals surface area (Å²) in [6.07, 6.45) is 5.67. The molecule has 0 N–H and O–H groups in total. The van der Waals surface area contributed by atoms with Gasteiger partial charge in [-0.1, -0.05) is 0 Å². The van der Waals surface area contributed by atoms with Gasteiger partial charge in [-0.3, -0.25) is 13.8 Å². The van der Waals surface area contributed by atoms with Crippen LogP contribution in [0.4, 0.5) is 13.6 Å². The number of nitrogens with zero attached hydrogens (tertiary/aromatic N) is 7. The minimum Gasteiger partial charge on any atom is -0.444 e. The molecule has 252 valence electrons. The third-order valence-electron chi connectivity index (χ3n) is 9.61. The number of ether oxygens (including phenoxy) is 1. The van der Waals surface area contributed by atoms with Crippen molar-refractivity contribution >= 4 is 28.8 Å². The molecule has 5 heterocycles. The largest absolute Gasteiger partial charge is 0.444 e. The van der Waals surface area contributed by atoms with Gasteiger partial charge in [-0.25, -0.2) is 23.1 Å². The molecule has 1 spiro atoms. The Morgan fingerprint density at radius 3 is 2.38 bits per heavy atom. The molecule has 2 aromatic carbocycles. The van der Waals surface area contributed by atoms with Gasteiger partial charge in [-0.2, -0.15) is 22.0 Å². The van der Waals surface area contributed by atoms with Crippen molar-refractivity contribution in [1.29, 1.82) is 0 Å². The Hall–Kier alpha value is -4.39. The summed E-state index contributed by atoms with van der Waals surface area (Å²) in [4.78, 5) is 30.0. The molecule has 0 saturated carbocycles. The molecule has 5 aromatic rings. The minimum absolute atomic E-state index is 0.0804. The normalized spacial score (nSPS) is 17.7. The van der Waals surface area contributed by atoms with Crippen molar-refractivity contribution in [3.8, 4) is 17.2 Å². The number of hydrogen-bond donors (Lipinski definition) is 0. The van der Waals surface area contributed by atoms with Gasteiger partial charge in [0.1, 0.15) is 17.2 Å². The number of imidazole rings is 1. The van der Waals surface area contributed by atoms with E-state index in [0.717, 1.165) is 30.0 Å². The third-order valence-corrected chi connectivity index (χ3v) is 10.6. The summed E-state index contributed by atoms with van der Waals surface area (Å²) in [5.41, 5.74) is 1.94. The second kappa shape index (κ2) is 11.4. The summed E-state index contributed by atoms with van der Waals surface area (Å²) >= 11 is 1.86. The summed E-state index contributed by atoms with van der Waals surface area (Å²) in [5.74, 6) is 1.31. The first-order chi connectivity index (χ1) is 22.7. The highest BCUT2D eigenvalue weighted by molar-refractivity contribution is 7.99. The van der Waals surface area contributed by atoms with E-state index in [1.165, 1.54) is 21.5 Å². The Bertz CT molecular complexity index is 2130. The fourth-order valence-corrected chi connectivity index (χ4v) is 8.41. The SMILES string of the molecule is Cc1cc(-n2nc3c(c2-n2ccn(-c4ccc5c(cnn5C)c4F)c2=O)[C@H](C)N(C(=O)OC(C)(C)C)CC32CCSCC2)cc(C)c1F. The van der Waals surface area contributed by atoms with Gasteiger partial charge < -0.3 is 9.64 Å². The molecule has 7 rings (SSSR count). The lowest BCUT2D eigenvalue weighted by Crippen LogP contribution is -2.52. The second-order valence-electron chi connectivity index (χ2n) is 14.0. The quantitative estimate of drug-likeness (QED) is 0.212. The number of hydrogen-bond acceptors (Lipinski definition) is 6. The number of rotatable bonds is 3. The minimum atomic E-state index is -0.712. The van der Waals surface area contributed by atoms with Crippen molar-refractivity contribution in [2.24, 2.45) is 7.05 Å². The Labute approximate surface area is 281 Å². The van der Waals surface area contributed by atoms with Gasteiger partial charge in [0.25, 0.3) is 0 Å². The van der Waals surface area contributed by atoms with Gasteiger partial charge in [-0.15, -0.1) is 0 Å². The van der Waals surface area contributed by atoms with Crippen LogP contribution in [0.15, 0.2) is 47.7 Å². The zero-order valence-electron chi connectivity index (χ0n) is 28.2. The lowest BCUT2D eigenvalue weighted by atomic mass is 9.73. The molecule has 0 aliphatic carbocycles. The molecule has 1 atom stereocenters. The topological polar surface area (TPSA) is 92.1 Å². The first-order valence-electron chi connectivity index (χ1n) is 16.1. The highest BCUT2D eigenvalue weighted by Gasteiger charge is 2.50. The van der Waals surface area contributed by atoms with E-state index in [9.17, 15) is 14.0 Å². The van der Waals surface area contributed by atoms with Crippen LogP contribution >= 0.6 is 11.8 Å². The molecule has 48 heavy (non-hydrogen) atoms. The Kier molecular flexibility index (Phi) is 7.61. The van der Waals surface area contributed by atoms with E-state index < -0.39 is 34.7 Å². The second-order valence-corrected chi connectivity index (χ2v) is 15.2. The molecular weight excluding hydrogens is 636 g/mol. The van der Waals surface area contributed by atoms with Gasteiger partial charge in [0.2, 0.25) is 0 Å². The summed E-state index contributed by atoms with van der Waals surface area (Å²) in [7, 11) is 1.73. The van der Waals surface area contributed by atoms with Crippen LogP contribution in [0.3, 0.4) is 0 Å². The number of amides is 1. The molecule has 1 saturated heterocycles. The fraction of sp³-hybridized carbons (Fsp3) is 0.429. The number of carbonyl (C=O) groups excluding carboxylic acids is 1. The molecular formula is C35H39F2N7O3S. The number of thioether (sulfide) groups is 1. The van der Waals surface area contributed by atoms with Gasteiger partial charge in [0.05, 0.1) is 40.2 Å². The summed E-state index contributed by atoms with van der Waals surface area (Å²) in [5, 5.41) is 9.71. The van der Waals surface area contributed by atoms with E-state index in [-0.39, 0.29) is 11.5 Å². The predicted octanol–water partition coefficient (Wildman–Crippen LogP) is 6.67. The van der Waals surface area contributed by atoms with E-state index in [2.05, 4.69) is 5.10 Å². The van der Waals surface area contributed by atoms with E-state index >= 15 is 4.39 Å². The molecule has 3 aromatic heterocycles. The van der Waals surface area contributed by atoms with Crippen LogP contribution in [-0.4, -0.2) is 63.3 Å². The monoisotopic (exact) mass is 675 g/mol. The van der Waals surface area contributed by atoms with Crippen molar-refractivity contribution in [2.45, 2.75) is 71.4 Å². The molecule has 0 bridgehead atoms. The average molecular weight is 676 g/mol. The number of aryl methyl sites for hydroxylation is 3. The van der Waals surface area contributed by atoms with Gasteiger partial charge in [0.15, 0.2) is 5.82 Å². The van der Waals surface area contributed by atoms with Crippen molar-refractivity contribution in [3.63, 3.8) is 0 Å². The summed E-state index contributed by atoms with van der Waals surface area (Å²) in [6, 6.07) is 6.18. The Balaban J connectivity index is 1.49. The maximum atomic E-state index is 15.9. The van der Waals surface area contributed by atoms with Crippen molar-refractivity contribution in [3.05, 3.63) is 87.4 Å². The smallest absolute Gasteiger partial charge is 0.410 e. The standard InChI is InChI=1S/C35H39F2N7O3S/c1-20-16-23(17-21(2)28(20)36)44-31(42-13-12-41(32(42)45)26-9-8-25-24(29(26)37)18-38-40(25)7)27-22(3)43(33(46)47-34(4,5)6)19-35(30(27)39-44)10-14-48-15-11-35/h8-9,12-13,16-18,22H,10-11,14-15,19H2,1-7H3/t22-/m0/s1. The van der Waals surface area contributed by atoms with Crippen LogP contribution in [0.5, 0.6) is 0 Å². The fourth-order valence-electron chi connectivity index (χ4n) is 7.14. The number of carbonyl (C=O) groups is 1. The van der Waals surface area contributed by atoms with Crippen molar-refractivity contribution < 1.29 is 18.3 Å². The number of fused-ring (bicyclic) bond motifs is 3. The van der Waals surface area contributed by atoms with Crippen LogP contribution < -0.4 is 5.69 Å². The lowest BCUT2D eigenvalue weighted by molar-refractivity contribution is 0.00712. The van der Waals surface area contributed by atoms with Gasteiger partial charge >= 0.3 is 11.8 Å². The van der Waals surface area contributed by atoms with Crippen LogP contribution in [-0.2, 0) is 17.2 Å². The zero-order chi connectivity index (χ0) is 34.3. The summed E-state index contributed by atoms with van der Waals surface area (Å²) in [6.45, 7) is 11.2.